The summed E-state index contributed by atoms with van der Waals surface area (Å²) in [6.45, 7) is 4.13. The number of halogens is 2. The molecule has 5 heteroatoms. The van der Waals surface area contributed by atoms with Gasteiger partial charge in [-0.2, -0.15) is 8.78 Å². The van der Waals surface area contributed by atoms with Gasteiger partial charge in [0, 0.05) is 12.6 Å². The first-order chi connectivity index (χ1) is 9.24. The van der Waals surface area contributed by atoms with Crippen LogP contribution < -0.4 is 4.74 Å². The molecule has 0 aliphatic rings. The molecule has 1 aromatic rings. The van der Waals surface area contributed by atoms with Crippen molar-refractivity contribution in [3.63, 3.8) is 0 Å². The van der Waals surface area contributed by atoms with Gasteiger partial charge >= 0.3 is 6.61 Å². The first kappa shape index (κ1) is 16.9. The van der Waals surface area contributed by atoms with Crippen molar-refractivity contribution in [1.82, 2.24) is 4.90 Å². The van der Waals surface area contributed by atoms with Crippen molar-refractivity contribution in [3.8, 4) is 5.75 Å². The molecule has 0 fully saturated rings. The topological polar surface area (TPSA) is 32.7 Å². The number of rotatable bonds is 6. The van der Waals surface area contributed by atoms with Crippen LogP contribution in [-0.4, -0.2) is 36.3 Å². The van der Waals surface area contributed by atoms with E-state index in [-0.39, 0.29) is 23.8 Å². The fraction of sp³-hybridized carbons (Fsp3) is 0.600. The third kappa shape index (κ3) is 5.06. The zero-order chi connectivity index (χ0) is 15.3. The van der Waals surface area contributed by atoms with Crippen LogP contribution in [0.3, 0.4) is 0 Å². The molecule has 1 atom stereocenters. The predicted molar refractivity (Wildman–Crippen MR) is 74.9 cm³/mol. The lowest BCUT2D eigenvalue weighted by molar-refractivity contribution is -0.0498. The molecule has 1 N–H and O–H groups in total. The van der Waals surface area contributed by atoms with Crippen molar-refractivity contribution >= 4 is 0 Å². The summed E-state index contributed by atoms with van der Waals surface area (Å²) in [5.41, 5.74) is 0.944. The number of hydrogen-bond acceptors (Lipinski definition) is 3. The second-order valence-electron chi connectivity index (χ2n) is 6.00. The zero-order valence-electron chi connectivity index (χ0n) is 12.4. The van der Waals surface area contributed by atoms with E-state index in [2.05, 4.69) is 30.4 Å². The van der Waals surface area contributed by atoms with Gasteiger partial charge in [-0.1, -0.05) is 32.9 Å². The Morgan fingerprint density at radius 1 is 1.20 bits per heavy atom. The van der Waals surface area contributed by atoms with E-state index in [9.17, 15) is 13.9 Å². The van der Waals surface area contributed by atoms with Crippen LogP contribution in [0.25, 0.3) is 0 Å². The molecule has 1 unspecified atom stereocenters. The Labute approximate surface area is 119 Å². The molecule has 0 bridgehead atoms. The molecule has 0 aromatic heterocycles. The molecular formula is C15H23F2NO2. The summed E-state index contributed by atoms with van der Waals surface area (Å²) >= 11 is 0. The largest absolute Gasteiger partial charge is 0.435 e. The average Bonchev–Trinajstić information content (AvgIpc) is 2.30. The maximum atomic E-state index is 12.1. The molecule has 0 spiro atoms. The number of ether oxygens (including phenoxy) is 1. The van der Waals surface area contributed by atoms with Crippen molar-refractivity contribution < 1.29 is 18.6 Å². The molecule has 0 heterocycles. The van der Waals surface area contributed by atoms with Crippen LogP contribution in [-0.2, 0) is 6.54 Å². The fourth-order valence-electron chi connectivity index (χ4n) is 2.25. The number of hydrogen-bond donors (Lipinski definition) is 1. The molecule has 114 valence electrons. The molecule has 1 aromatic carbocycles. The van der Waals surface area contributed by atoms with Gasteiger partial charge < -0.3 is 9.84 Å². The zero-order valence-corrected chi connectivity index (χ0v) is 12.4. The van der Waals surface area contributed by atoms with Crippen LogP contribution >= 0.6 is 0 Å². The third-order valence-electron chi connectivity index (χ3n) is 3.29. The maximum Gasteiger partial charge on any atom is 0.387 e. The van der Waals surface area contributed by atoms with E-state index in [0.717, 1.165) is 5.56 Å². The molecule has 0 saturated carbocycles. The van der Waals surface area contributed by atoms with Gasteiger partial charge in [-0.15, -0.1) is 0 Å². The van der Waals surface area contributed by atoms with Crippen molar-refractivity contribution in [3.05, 3.63) is 29.8 Å². The molecule has 0 aliphatic carbocycles. The summed E-state index contributed by atoms with van der Waals surface area (Å²) in [4.78, 5) is 2.06. The van der Waals surface area contributed by atoms with Crippen LogP contribution in [0.15, 0.2) is 24.3 Å². The van der Waals surface area contributed by atoms with Crippen molar-refractivity contribution in [2.75, 3.05) is 13.7 Å². The molecule has 0 radical (unpaired) electrons. The smallest absolute Gasteiger partial charge is 0.387 e. The van der Waals surface area contributed by atoms with Gasteiger partial charge in [-0.25, -0.2) is 0 Å². The van der Waals surface area contributed by atoms with Gasteiger partial charge in [0.05, 0.1) is 6.61 Å². The van der Waals surface area contributed by atoms with Crippen molar-refractivity contribution in [2.45, 2.75) is 40.0 Å². The quantitative estimate of drug-likeness (QED) is 0.872. The lowest BCUT2D eigenvalue weighted by Gasteiger charge is -2.36. The van der Waals surface area contributed by atoms with Crippen molar-refractivity contribution in [1.29, 1.82) is 0 Å². The highest BCUT2D eigenvalue weighted by Crippen LogP contribution is 2.25. The van der Waals surface area contributed by atoms with Crippen LogP contribution in [0.2, 0.25) is 0 Å². The van der Waals surface area contributed by atoms with Gasteiger partial charge in [0.1, 0.15) is 5.75 Å². The van der Waals surface area contributed by atoms with E-state index in [1.165, 1.54) is 12.1 Å². The molecule has 3 nitrogen and oxygen atoms in total. The van der Waals surface area contributed by atoms with Gasteiger partial charge in [-0.05, 0) is 30.2 Å². The molecule has 1 rings (SSSR count). The van der Waals surface area contributed by atoms with E-state index in [0.29, 0.717) is 6.54 Å². The number of benzene rings is 1. The summed E-state index contributed by atoms with van der Waals surface area (Å²) < 4.78 is 28.4. The van der Waals surface area contributed by atoms with E-state index >= 15 is 0 Å². The van der Waals surface area contributed by atoms with Crippen LogP contribution in [0.4, 0.5) is 8.78 Å². The Balaban J connectivity index is 2.68. The van der Waals surface area contributed by atoms with E-state index in [1.54, 1.807) is 12.1 Å². The summed E-state index contributed by atoms with van der Waals surface area (Å²) in [6.07, 6.45) is 0. The van der Waals surface area contributed by atoms with E-state index in [1.807, 2.05) is 7.05 Å². The highest BCUT2D eigenvalue weighted by molar-refractivity contribution is 5.27. The standard InChI is InChI=1S/C15H23F2NO2/c1-15(2,3)13(10-19)18(4)9-11-5-7-12(8-6-11)20-14(16)17/h5-8,13-14,19H,9-10H2,1-4H3. The second kappa shape index (κ2) is 6.99. The minimum Gasteiger partial charge on any atom is -0.435 e. The van der Waals surface area contributed by atoms with Gasteiger partial charge in [0.2, 0.25) is 0 Å². The van der Waals surface area contributed by atoms with Crippen LogP contribution in [0.1, 0.15) is 26.3 Å². The minimum atomic E-state index is -2.80. The number of aliphatic hydroxyl groups excluding tert-OH is 1. The average molecular weight is 287 g/mol. The summed E-state index contributed by atoms with van der Waals surface area (Å²) in [7, 11) is 1.94. The SMILES string of the molecule is CN(Cc1ccc(OC(F)F)cc1)C(CO)C(C)(C)C. The summed E-state index contributed by atoms with van der Waals surface area (Å²) in [5, 5.41) is 9.51. The molecule has 0 saturated heterocycles. The maximum absolute atomic E-state index is 12.1. The molecular weight excluding hydrogens is 264 g/mol. The number of alkyl halides is 2. The first-order valence-electron chi connectivity index (χ1n) is 6.59. The summed E-state index contributed by atoms with van der Waals surface area (Å²) in [6, 6.07) is 6.59. The van der Waals surface area contributed by atoms with E-state index < -0.39 is 6.61 Å². The van der Waals surface area contributed by atoms with Gasteiger partial charge in [0.15, 0.2) is 0 Å². The van der Waals surface area contributed by atoms with Gasteiger partial charge in [0.25, 0.3) is 0 Å². The Morgan fingerprint density at radius 2 is 1.75 bits per heavy atom. The van der Waals surface area contributed by atoms with Crippen LogP contribution in [0, 0.1) is 5.41 Å². The van der Waals surface area contributed by atoms with Gasteiger partial charge in [-0.3, -0.25) is 4.90 Å². The molecule has 20 heavy (non-hydrogen) atoms. The van der Waals surface area contributed by atoms with Crippen LogP contribution in [0.5, 0.6) is 5.75 Å². The second-order valence-corrected chi connectivity index (χ2v) is 6.00. The number of aliphatic hydroxyl groups is 1. The predicted octanol–water partition coefficient (Wildman–Crippen LogP) is 3.13. The fourth-order valence-corrected chi connectivity index (χ4v) is 2.25. The highest BCUT2D eigenvalue weighted by Gasteiger charge is 2.27. The van der Waals surface area contributed by atoms with E-state index in [4.69, 9.17) is 0 Å². The Kier molecular flexibility index (Phi) is 5.89. The Morgan fingerprint density at radius 3 is 2.15 bits per heavy atom. The lowest BCUT2D eigenvalue weighted by atomic mass is 9.86. The number of likely N-dealkylation sites (N-methyl/N-ethyl adjacent to an activating group) is 1. The molecule has 0 aliphatic heterocycles. The minimum absolute atomic E-state index is 0.0273. The monoisotopic (exact) mass is 287 g/mol. The number of nitrogens with zero attached hydrogens (tertiary/aromatic N) is 1. The Bertz CT molecular complexity index is 401. The third-order valence-corrected chi connectivity index (χ3v) is 3.29. The first-order valence-corrected chi connectivity index (χ1v) is 6.59. The normalized spacial score (nSPS) is 13.8. The summed E-state index contributed by atoms with van der Waals surface area (Å²) in [5.74, 6) is 0.154. The molecule has 0 amide bonds. The Hall–Kier alpha value is -1.20. The lowest BCUT2D eigenvalue weighted by Crippen LogP contribution is -2.43. The highest BCUT2D eigenvalue weighted by atomic mass is 19.3. The van der Waals surface area contributed by atoms with Crippen molar-refractivity contribution in [2.24, 2.45) is 5.41 Å².